The molecule has 1 aromatic rings. The number of amides is 1. The van der Waals surface area contributed by atoms with Crippen molar-refractivity contribution >= 4 is 17.9 Å². The van der Waals surface area contributed by atoms with Crippen molar-refractivity contribution in [2.75, 3.05) is 30.3 Å². The lowest BCUT2D eigenvalue weighted by molar-refractivity contribution is 0.0983. The van der Waals surface area contributed by atoms with E-state index in [9.17, 15) is 4.79 Å². The van der Waals surface area contributed by atoms with Crippen LogP contribution in [0.15, 0.2) is 6.20 Å². The number of nitrogens with zero attached hydrogens (tertiary/aromatic N) is 4. The van der Waals surface area contributed by atoms with Crippen molar-refractivity contribution in [1.29, 1.82) is 0 Å². The SMILES string of the molecule is CCOC(=O)N1CCC(Nc2nncc(NC3CC3)n2)CC1. The van der Waals surface area contributed by atoms with Gasteiger partial charge < -0.3 is 20.3 Å². The molecule has 2 N–H and O–H groups in total. The van der Waals surface area contributed by atoms with Gasteiger partial charge in [0.15, 0.2) is 5.82 Å². The number of piperidine rings is 1. The van der Waals surface area contributed by atoms with Gasteiger partial charge in [0.1, 0.15) is 0 Å². The van der Waals surface area contributed by atoms with Crippen LogP contribution < -0.4 is 10.6 Å². The monoisotopic (exact) mass is 306 g/mol. The predicted molar refractivity (Wildman–Crippen MR) is 81.7 cm³/mol. The molecule has 2 fully saturated rings. The molecule has 1 saturated carbocycles. The number of likely N-dealkylation sites (tertiary alicyclic amines) is 1. The van der Waals surface area contributed by atoms with Gasteiger partial charge in [-0.1, -0.05) is 0 Å². The fourth-order valence-corrected chi connectivity index (χ4v) is 2.47. The van der Waals surface area contributed by atoms with Gasteiger partial charge in [-0.05, 0) is 32.6 Å². The standard InChI is InChI=1S/C14H22N6O2/c1-2-22-14(21)20-7-5-11(6-8-20)17-13-18-12(9-15-19-13)16-10-3-4-10/h9-11H,2-8H2,1H3,(H2,16,17,18,19). The van der Waals surface area contributed by atoms with Gasteiger partial charge >= 0.3 is 6.09 Å². The predicted octanol–water partition coefficient (Wildman–Crippen LogP) is 1.48. The average Bonchev–Trinajstić information content (AvgIpc) is 3.32. The number of carbonyl (C=O) groups is 1. The number of aromatic nitrogens is 3. The first kappa shape index (κ1) is 14.8. The Kier molecular flexibility index (Phi) is 4.55. The van der Waals surface area contributed by atoms with Crippen LogP contribution in [0.5, 0.6) is 0 Å². The van der Waals surface area contributed by atoms with Crippen molar-refractivity contribution in [1.82, 2.24) is 20.1 Å². The third-order valence-corrected chi connectivity index (χ3v) is 3.84. The van der Waals surface area contributed by atoms with Crippen molar-refractivity contribution < 1.29 is 9.53 Å². The Morgan fingerprint density at radius 1 is 1.27 bits per heavy atom. The van der Waals surface area contributed by atoms with Crippen LogP contribution in [0.4, 0.5) is 16.6 Å². The van der Waals surface area contributed by atoms with E-state index in [-0.39, 0.29) is 12.1 Å². The molecule has 3 rings (SSSR count). The van der Waals surface area contributed by atoms with Gasteiger partial charge in [-0.15, -0.1) is 5.10 Å². The highest BCUT2D eigenvalue weighted by Crippen LogP contribution is 2.23. The Labute approximate surface area is 129 Å². The third kappa shape index (κ3) is 3.96. The minimum absolute atomic E-state index is 0.227. The Balaban J connectivity index is 1.48. The van der Waals surface area contributed by atoms with Crippen molar-refractivity contribution in [3.05, 3.63) is 6.20 Å². The molecule has 8 nitrogen and oxygen atoms in total. The van der Waals surface area contributed by atoms with Gasteiger partial charge in [0, 0.05) is 25.2 Å². The second kappa shape index (κ2) is 6.76. The molecule has 1 aromatic heterocycles. The van der Waals surface area contributed by atoms with E-state index < -0.39 is 0 Å². The van der Waals surface area contributed by atoms with E-state index >= 15 is 0 Å². The van der Waals surface area contributed by atoms with E-state index in [1.54, 1.807) is 11.1 Å². The topological polar surface area (TPSA) is 92.3 Å². The van der Waals surface area contributed by atoms with E-state index in [2.05, 4.69) is 25.8 Å². The molecule has 0 atom stereocenters. The Bertz CT molecular complexity index is 514. The second-order valence-electron chi connectivity index (χ2n) is 5.69. The molecule has 0 aromatic carbocycles. The van der Waals surface area contributed by atoms with E-state index in [1.807, 2.05) is 6.92 Å². The maximum atomic E-state index is 11.7. The quantitative estimate of drug-likeness (QED) is 0.851. The fraction of sp³-hybridized carbons (Fsp3) is 0.714. The lowest BCUT2D eigenvalue weighted by Crippen LogP contribution is -2.42. The van der Waals surface area contributed by atoms with Gasteiger partial charge in [-0.25, -0.2) is 4.79 Å². The van der Waals surface area contributed by atoms with Gasteiger partial charge in [0.2, 0.25) is 5.95 Å². The van der Waals surface area contributed by atoms with E-state index in [4.69, 9.17) is 4.74 Å². The van der Waals surface area contributed by atoms with Crippen molar-refractivity contribution in [3.8, 4) is 0 Å². The summed E-state index contributed by atoms with van der Waals surface area (Å²) in [6.45, 7) is 3.60. The van der Waals surface area contributed by atoms with Crippen LogP contribution in [0.25, 0.3) is 0 Å². The van der Waals surface area contributed by atoms with Crippen LogP contribution in [-0.4, -0.2) is 58.0 Å². The zero-order chi connectivity index (χ0) is 15.4. The van der Waals surface area contributed by atoms with Crippen LogP contribution in [0, 0.1) is 0 Å². The van der Waals surface area contributed by atoms with Gasteiger partial charge in [0.25, 0.3) is 0 Å². The zero-order valence-corrected chi connectivity index (χ0v) is 12.8. The number of nitrogens with one attached hydrogen (secondary N) is 2. The van der Waals surface area contributed by atoms with Gasteiger partial charge in [0.05, 0.1) is 12.8 Å². The normalized spacial score (nSPS) is 18.9. The van der Waals surface area contributed by atoms with Crippen molar-refractivity contribution in [2.45, 2.75) is 44.7 Å². The van der Waals surface area contributed by atoms with E-state index in [0.717, 1.165) is 18.7 Å². The van der Waals surface area contributed by atoms with Crippen molar-refractivity contribution in [3.63, 3.8) is 0 Å². The molecule has 1 aliphatic heterocycles. The van der Waals surface area contributed by atoms with Gasteiger partial charge in [-0.3, -0.25) is 0 Å². The second-order valence-corrected chi connectivity index (χ2v) is 5.69. The lowest BCUT2D eigenvalue weighted by Gasteiger charge is -2.31. The first-order valence-electron chi connectivity index (χ1n) is 7.89. The molecule has 120 valence electrons. The minimum Gasteiger partial charge on any atom is -0.450 e. The Morgan fingerprint density at radius 2 is 2.00 bits per heavy atom. The maximum Gasteiger partial charge on any atom is 0.409 e. The summed E-state index contributed by atoms with van der Waals surface area (Å²) in [6, 6.07) is 0.793. The number of carbonyl (C=O) groups excluding carboxylic acids is 1. The van der Waals surface area contributed by atoms with Crippen LogP contribution in [0.2, 0.25) is 0 Å². The van der Waals surface area contributed by atoms with Crippen LogP contribution in [0.1, 0.15) is 32.6 Å². The number of ether oxygens (including phenoxy) is 1. The van der Waals surface area contributed by atoms with E-state index in [0.29, 0.717) is 31.7 Å². The minimum atomic E-state index is -0.227. The summed E-state index contributed by atoms with van der Waals surface area (Å²) in [7, 11) is 0. The first-order chi connectivity index (χ1) is 10.7. The summed E-state index contributed by atoms with van der Waals surface area (Å²) in [5.41, 5.74) is 0. The summed E-state index contributed by atoms with van der Waals surface area (Å²) >= 11 is 0. The molecule has 1 aliphatic carbocycles. The maximum absolute atomic E-state index is 11.7. The van der Waals surface area contributed by atoms with Crippen LogP contribution in [-0.2, 0) is 4.74 Å². The smallest absolute Gasteiger partial charge is 0.409 e. The fourth-order valence-electron chi connectivity index (χ4n) is 2.47. The van der Waals surface area contributed by atoms with Gasteiger partial charge in [-0.2, -0.15) is 10.1 Å². The molecule has 0 spiro atoms. The molecule has 1 saturated heterocycles. The molecule has 8 heteroatoms. The molecule has 2 aliphatic rings. The molecule has 22 heavy (non-hydrogen) atoms. The average molecular weight is 306 g/mol. The van der Waals surface area contributed by atoms with E-state index in [1.165, 1.54) is 12.8 Å². The molecule has 0 bridgehead atoms. The highest BCUT2D eigenvalue weighted by Gasteiger charge is 2.24. The summed E-state index contributed by atoms with van der Waals surface area (Å²) in [5, 5.41) is 14.6. The largest absolute Gasteiger partial charge is 0.450 e. The molecule has 1 amide bonds. The highest BCUT2D eigenvalue weighted by molar-refractivity contribution is 5.67. The summed E-state index contributed by atoms with van der Waals surface area (Å²) in [6.07, 6.45) is 5.50. The number of hydrogen-bond acceptors (Lipinski definition) is 7. The molecule has 0 unspecified atom stereocenters. The summed E-state index contributed by atoms with van der Waals surface area (Å²) < 4.78 is 5.02. The molecule has 2 heterocycles. The molecular weight excluding hydrogens is 284 g/mol. The number of hydrogen-bond donors (Lipinski definition) is 2. The summed E-state index contributed by atoms with van der Waals surface area (Å²) in [4.78, 5) is 17.8. The summed E-state index contributed by atoms with van der Waals surface area (Å²) in [5.74, 6) is 1.31. The zero-order valence-electron chi connectivity index (χ0n) is 12.8. The van der Waals surface area contributed by atoms with Crippen LogP contribution in [0.3, 0.4) is 0 Å². The van der Waals surface area contributed by atoms with Crippen LogP contribution >= 0.6 is 0 Å². The number of anilines is 2. The third-order valence-electron chi connectivity index (χ3n) is 3.84. The van der Waals surface area contributed by atoms with Crippen molar-refractivity contribution in [2.24, 2.45) is 0 Å². The Hall–Kier alpha value is -2.12. The molecular formula is C14H22N6O2. The Morgan fingerprint density at radius 3 is 2.68 bits per heavy atom. The molecule has 0 radical (unpaired) electrons. The number of rotatable bonds is 5. The first-order valence-corrected chi connectivity index (χ1v) is 7.89. The highest BCUT2D eigenvalue weighted by atomic mass is 16.6. The lowest BCUT2D eigenvalue weighted by atomic mass is 10.1.